The number of allylic oxidation sites excluding steroid dienone is 1. The molecule has 0 fully saturated rings. The molecule has 2 N–H and O–H groups in total. The van der Waals surface area contributed by atoms with Gasteiger partial charge in [-0.25, -0.2) is 9.59 Å². The van der Waals surface area contributed by atoms with E-state index in [-0.39, 0.29) is 5.57 Å². The van der Waals surface area contributed by atoms with E-state index in [0.29, 0.717) is 0 Å². The molecule has 0 saturated heterocycles. The van der Waals surface area contributed by atoms with E-state index in [1.165, 1.54) is 13.0 Å². The highest BCUT2D eigenvalue weighted by Gasteiger charge is 1.90. The average molecular weight is 211 g/mol. The Bertz CT molecular complexity index is 274. The predicted molar refractivity (Wildman–Crippen MR) is 56.1 cm³/mol. The van der Waals surface area contributed by atoms with Crippen LogP contribution < -0.4 is 0 Å². The molecule has 0 spiro atoms. The molecule has 0 unspecified atom stereocenters. The molecule has 0 aliphatic heterocycles. The number of carbonyl (C=O) groups is 2. The van der Waals surface area contributed by atoms with Gasteiger partial charge in [0, 0.05) is 17.7 Å². The fourth-order valence-corrected chi connectivity index (χ4v) is 0. The highest BCUT2D eigenvalue weighted by atomic mass is 16.4. The number of carboxylic acids is 2. The number of hydrogen-bond acceptors (Lipinski definition) is 3. The van der Waals surface area contributed by atoms with Crippen LogP contribution in [0.2, 0.25) is 0 Å². The smallest absolute Gasteiger partial charge is 0.330 e. The summed E-state index contributed by atoms with van der Waals surface area (Å²) >= 11 is 0. The lowest BCUT2D eigenvalue weighted by atomic mass is 10.4. The molecule has 82 valence electrons. The lowest BCUT2D eigenvalue weighted by molar-refractivity contribution is -0.133. The number of nitriles is 1. The Hall–Kier alpha value is -2.35. The van der Waals surface area contributed by atoms with Gasteiger partial charge in [-0.15, -0.1) is 0 Å². The third-order valence-electron chi connectivity index (χ3n) is 0.631. The summed E-state index contributed by atoms with van der Waals surface area (Å²) in [5, 5.41) is 23.0. The zero-order valence-electron chi connectivity index (χ0n) is 8.43. The van der Waals surface area contributed by atoms with Gasteiger partial charge in [-0.3, -0.25) is 0 Å². The van der Waals surface area contributed by atoms with Crippen LogP contribution >= 0.6 is 0 Å². The Morgan fingerprint density at radius 3 is 1.53 bits per heavy atom. The average Bonchev–Trinajstić information content (AvgIpc) is 2.19. The van der Waals surface area contributed by atoms with Crippen LogP contribution in [0.5, 0.6) is 0 Å². The number of aliphatic carboxylic acids is 2. The first-order valence-electron chi connectivity index (χ1n) is 3.58. The molecule has 5 nitrogen and oxygen atoms in total. The lowest BCUT2D eigenvalue weighted by Gasteiger charge is -1.79. The second kappa shape index (κ2) is 14.2. The highest BCUT2D eigenvalue weighted by molar-refractivity contribution is 5.84. The van der Waals surface area contributed by atoms with E-state index >= 15 is 0 Å². The summed E-state index contributed by atoms with van der Waals surface area (Å²) in [5.41, 5.74) is 0.176. The van der Waals surface area contributed by atoms with E-state index in [9.17, 15) is 9.59 Å². The van der Waals surface area contributed by atoms with Gasteiger partial charge in [-0.05, 0) is 6.92 Å². The van der Waals surface area contributed by atoms with Gasteiger partial charge in [-0.2, -0.15) is 5.26 Å². The zero-order chi connectivity index (χ0) is 12.9. The second-order valence-electron chi connectivity index (χ2n) is 1.96. The number of hydrogen-bond donors (Lipinski definition) is 2. The fraction of sp³-hybridized carbons (Fsp3) is 0.100. The third-order valence-corrected chi connectivity index (χ3v) is 0.631. The van der Waals surface area contributed by atoms with E-state index in [0.717, 1.165) is 6.08 Å². The van der Waals surface area contributed by atoms with Crippen molar-refractivity contribution in [1.29, 1.82) is 5.26 Å². The summed E-state index contributed by atoms with van der Waals surface area (Å²) in [7, 11) is 0. The van der Waals surface area contributed by atoms with Crippen LogP contribution in [-0.2, 0) is 9.59 Å². The maximum atomic E-state index is 9.60. The predicted octanol–water partition coefficient (Wildman–Crippen LogP) is 1.60. The molecule has 0 bridgehead atoms. The summed E-state index contributed by atoms with van der Waals surface area (Å²) in [4.78, 5) is 18.8. The topological polar surface area (TPSA) is 98.4 Å². The Kier molecular flexibility index (Phi) is 17.4. The summed E-state index contributed by atoms with van der Waals surface area (Å²) in [5.74, 6) is -1.92. The largest absolute Gasteiger partial charge is 0.478 e. The highest BCUT2D eigenvalue weighted by Crippen LogP contribution is 1.81. The maximum absolute atomic E-state index is 9.60. The van der Waals surface area contributed by atoms with Crippen molar-refractivity contribution in [2.75, 3.05) is 0 Å². The van der Waals surface area contributed by atoms with E-state index in [2.05, 4.69) is 19.7 Å². The van der Waals surface area contributed by atoms with Crippen molar-refractivity contribution in [3.8, 4) is 6.07 Å². The minimum atomic E-state index is -0.981. The second-order valence-corrected chi connectivity index (χ2v) is 1.96. The Labute approximate surface area is 88.3 Å². The van der Waals surface area contributed by atoms with E-state index in [1.54, 1.807) is 6.07 Å². The Morgan fingerprint density at radius 2 is 1.53 bits per heavy atom. The van der Waals surface area contributed by atoms with Crippen molar-refractivity contribution in [1.82, 2.24) is 0 Å². The normalized spacial score (nSPS) is 6.13. The van der Waals surface area contributed by atoms with Crippen molar-refractivity contribution >= 4 is 11.9 Å². The zero-order valence-corrected chi connectivity index (χ0v) is 8.43. The summed E-state index contributed by atoms with van der Waals surface area (Å²) in [6.07, 6.45) is 2.01. The minimum absolute atomic E-state index is 0.176. The summed E-state index contributed by atoms with van der Waals surface area (Å²) in [6.45, 7) is 10.7. The standard InChI is InChI=1S/C4H6O2.C3H3N.C3H4O2/c1-3(2)4(5)6;1-2-3-4;1-2-3(4)5/h1H2,2H3,(H,5,6);2H,1H2;2H,1H2,(H,4,5). The van der Waals surface area contributed by atoms with Gasteiger partial charge in [0.15, 0.2) is 0 Å². The maximum Gasteiger partial charge on any atom is 0.330 e. The van der Waals surface area contributed by atoms with Crippen LogP contribution in [0, 0.1) is 11.3 Å². The van der Waals surface area contributed by atoms with Crippen molar-refractivity contribution in [3.05, 3.63) is 37.5 Å². The molecule has 0 aliphatic carbocycles. The van der Waals surface area contributed by atoms with Crippen LogP contribution in [0.1, 0.15) is 6.92 Å². The Morgan fingerprint density at radius 1 is 1.33 bits per heavy atom. The van der Waals surface area contributed by atoms with E-state index < -0.39 is 11.9 Å². The molecule has 5 heteroatoms. The van der Waals surface area contributed by atoms with Crippen LogP contribution in [0.15, 0.2) is 37.5 Å². The van der Waals surface area contributed by atoms with Crippen molar-refractivity contribution in [3.63, 3.8) is 0 Å². The van der Waals surface area contributed by atoms with Crippen LogP contribution in [0.3, 0.4) is 0 Å². The van der Waals surface area contributed by atoms with Crippen LogP contribution in [0.4, 0.5) is 0 Å². The van der Waals surface area contributed by atoms with Gasteiger partial charge >= 0.3 is 11.9 Å². The van der Waals surface area contributed by atoms with Gasteiger partial charge in [0.2, 0.25) is 0 Å². The number of nitrogens with zero attached hydrogens (tertiary/aromatic N) is 1. The first-order chi connectivity index (χ1) is 6.83. The first-order valence-corrected chi connectivity index (χ1v) is 3.58. The molecule has 0 heterocycles. The molecule has 15 heavy (non-hydrogen) atoms. The molecule has 0 aromatic heterocycles. The fourth-order valence-electron chi connectivity index (χ4n) is 0. The molecule has 0 aromatic rings. The lowest BCUT2D eigenvalue weighted by Crippen LogP contribution is -1.92. The van der Waals surface area contributed by atoms with Gasteiger partial charge < -0.3 is 10.2 Å². The van der Waals surface area contributed by atoms with E-state index in [1.807, 2.05) is 0 Å². The quantitative estimate of drug-likeness (QED) is 0.534. The molecule has 0 aromatic carbocycles. The molecular formula is C10H13NO4. The van der Waals surface area contributed by atoms with Crippen molar-refractivity contribution in [2.45, 2.75) is 6.92 Å². The Balaban J connectivity index is -0.000000147. The molecule has 0 aliphatic rings. The molecule has 0 rings (SSSR count). The molecule has 0 atom stereocenters. The molecular weight excluding hydrogens is 198 g/mol. The van der Waals surface area contributed by atoms with E-state index in [4.69, 9.17) is 15.5 Å². The van der Waals surface area contributed by atoms with Crippen LogP contribution in [-0.4, -0.2) is 22.2 Å². The van der Waals surface area contributed by atoms with Crippen molar-refractivity contribution in [2.24, 2.45) is 0 Å². The minimum Gasteiger partial charge on any atom is -0.478 e. The molecule has 0 saturated carbocycles. The summed E-state index contributed by atoms with van der Waals surface area (Å²) < 4.78 is 0. The monoisotopic (exact) mass is 211 g/mol. The third kappa shape index (κ3) is 50.2. The van der Waals surface area contributed by atoms with Crippen LogP contribution in [0.25, 0.3) is 0 Å². The molecule has 0 radical (unpaired) electrons. The number of rotatable bonds is 2. The first kappa shape index (κ1) is 18.4. The van der Waals surface area contributed by atoms with Crippen molar-refractivity contribution < 1.29 is 19.8 Å². The van der Waals surface area contributed by atoms with Gasteiger partial charge in [0.25, 0.3) is 0 Å². The SMILES string of the molecule is C=C(C)C(=O)O.C=CC#N.C=CC(=O)O. The van der Waals surface area contributed by atoms with Gasteiger partial charge in [0.1, 0.15) is 0 Å². The van der Waals surface area contributed by atoms with Gasteiger partial charge in [0.05, 0.1) is 6.07 Å². The van der Waals surface area contributed by atoms with Gasteiger partial charge in [-0.1, -0.05) is 19.7 Å². The molecule has 0 amide bonds. The summed E-state index contributed by atoms with van der Waals surface area (Å²) in [6, 6.07) is 1.69. The number of carboxylic acid groups (broad SMARTS) is 2.